The highest BCUT2D eigenvalue weighted by atomic mass is 19.4. The molecule has 0 aliphatic carbocycles. The molecule has 0 bridgehead atoms. The quantitative estimate of drug-likeness (QED) is 0.688. The molecular formula is C16H20F3N3O6. The first-order valence-corrected chi connectivity index (χ1v) is 7.62. The smallest absolute Gasteiger partial charge is 0.379 e. The van der Waals surface area contributed by atoms with E-state index in [9.17, 15) is 22.8 Å². The summed E-state index contributed by atoms with van der Waals surface area (Å²) in [6, 6.07) is 1.27. The molecule has 1 aromatic heterocycles. The molecular weight excluding hydrogens is 387 g/mol. The number of benzene rings is 1. The Morgan fingerprint density at radius 2 is 1.79 bits per heavy atom. The second-order valence-corrected chi connectivity index (χ2v) is 4.86. The van der Waals surface area contributed by atoms with Crippen molar-refractivity contribution in [2.24, 2.45) is 0 Å². The first kappa shape index (κ1) is 24.7. The predicted molar refractivity (Wildman–Crippen MR) is 91.1 cm³/mol. The number of ether oxygens (including phenoxy) is 2. The molecule has 28 heavy (non-hydrogen) atoms. The highest BCUT2D eigenvalue weighted by molar-refractivity contribution is 5.99. The third kappa shape index (κ3) is 7.93. The van der Waals surface area contributed by atoms with Crippen LogP contribution in [0.5, 0.6) is 11.5 Å². The average molecular weight is 407 g/mol. The van der Waals surface area contributed by atoms with Crippen LogP contribution in [0.4, 0.5) is 13.2 Å². The Balaban J connectivity index is 0.000000593. The van der Waals surface area contributed by atoms with Gasteiger partial charge in [0.15, 0.2) is 11.5 Å². The molecule has 0 spiro atoms. The zero-order valence-electron chi connectivity index (χ0n) is 15.5. The maximum absolute atomic E-state index is 11.2. The number of hydrogen-bond acceptors (Lipinski definition) is 6. The fraction of sp³-hybridized carbons (Fsp3) is 0.375. The van der Waals surface area contributed by atoms with Crippen LogP contribution in [0.3, 0.4) is 0 Å². The summed E-state index contributed by atoms with van der Waals surface area (Å²) in [7, 11) is 1.31. The van der Waals surface area contributed by atoms with Crippen molar-refractivity contribution < 1.29 is 42.4 Å². The molecule has 0 aliphatic heterocycles. The zero-order valence-corrected chi connectivity index (χ0v) is 15.5. The van der Waals surface area contributed by atoms with Crippen LogP contribution in [0.1, 0.15) is 38.9 Å². The van der Waals surface area contributed by atoms with Crippen LogP contribution in [-0.4, -0.2) is 58.0 Å². The molecule has 0 atom stereocenters. The topological polar surface area (TPSA) is 135 Å². The fourth-order valence-corrected chi connectivity index (χ4v) is 1.94. The minimum Gasteiger partial charge on any atom is -0.492 e. The van der Waals surface area contributed by atoms with Crippen molar-refractivity contribution in [3.8, 4) is 11.5 Å². The first-order chi connectivity index (χ1) is 13.1. The van der Waals surface area contributed by atoms with E-state index in [1.165, 1.54) is 20.1 Å². The van der Waals surface area contributed by atoms with Gasteiger partial charge in [0.2, 0.25) is 0 Å². The molecule has 1 heterocycles. The standard InChI is InChI=1S/C12H14O6.C3H5N3.CHF3/c1-4-18-8-5-7(11(13)14)6(2)9(12(15)16)10(8)17-3;1-3-2-4-6-5-3;2-1(3)4/h5H,4H2,1-3H3,(H,13,14)(H,15,16);2H,1H3,(H,4,5,6);1H. The number of methoxy groups -OCH3 is 1. The van der Waals surface area contributed by atoms with Gasteiger partial charge in [0.05, 0.1) is 25.0 Å². The maximum Gasteiger partial charge on any atom is 0.379 e. The summed E-state index contributed by atoms with van der Waals surface area (Å²) in [6.07, 6.45) is 1.74. The molecule has 0 unspecified atom stereocenters. The van der Waals surface area contributed by atoms with Crippen LogP contribution in [0.2, 0.25) is 0 Å². The normalized spacial score (nSPS) is 9.57. The highest BCUT2D eigenvalue weighted by Gasteiger charge is 2.24. The number of H-pyrrole nitrogens is 1. The van der Waals surface area contributed by atoms with E-state index in [1.807, 2.05) is 6.92 Å². The summed E-state index contributed by atoms with van der Waals surface area (Å²) in [6.45, 7) is 1.62. The summed E-state index contributed by atoms with van der Waals surface area (Å²) in [5.74, 6) is -2.32. The molecule has 0 saturated carbocycles. The lowest BCUT2D eigenvalue weighted by molar-refractivity contribution is 0.00816. The molecule has 0 amide bonds. The van der Waals surface area contributed by atoms with Gasteiger partial charge in [-0.25, -0.2) is 9.59 Å². The Hall–Kier alpha value is -3.31. The van der Waals surface area contributed by atoms with Gasteiger partial charge in [-0.1, -0.05) is 5.21 Å². The molecule has 2 aromatic rings. The minimum absolute atomic E-state index is 0.0341. The third-order valence-electron chi connectivity index (χ3n) is 2.99. The number of nitrogens with zero attached hydrogens (tertiary/aromatic N) is 2. The van der Waals surface area contributed by atoms with E-state index < -0.39 is 18.6 Å². The van der Waals surface area contributed by atoms with Crippen molar-refractivity contribution in [3.05, 3.63) is 34.6 Å². The molecule has 3 N–H and O–H groups in total. The largest absolute Gasteiger partial charge is 0.492 e. The van der Waals surface area contributed by atoms with Crippen molar-refractivity contribution in [2.75, 3.05) is 13.7 Å². The number of hydrogen-bond donors (Lipinski definition) is 3. The van der Waals surface area contributed by atoms with Crippen LogP contribution < -0.4 is 9.47 Å². The van der Waals surface area contributed by atoms with E-state index in [-0.39, 0.29) is 34.8 Å². The molecule has 1 aromatic carbocycles. The Labute approximate surface area is 158 Å². The number of carboxylic acids is 2. The number of aromatic carboxylic acids is 2. The first-order valence-electron chi connectivity index (χ1n) is 7.62. The van der Waals surface area contributed by atoms with Crippen LogP contribution >= 0.6 is 0 Å². The van der Waals surface area contributed by atoms with Crippen molar-refractivity contribution >= 4 is 11.9 Å². The van der Waals surface area contributed by atoms with Gasteiger partial charge in [0, 0.05) is 6.20 Å². The maximum atomic E-state index is 11.2. The number of aryl methyl sites for hydroxylation is 1. The average Bonchev–Trinajstić information content (AvgIpc) is 3.06. The second-order valence-electron chi connectivity index (χ2n) is 4.86. The number of aromatic amines is 1. The molecule has 9 nitrogen and oxygen atoms in total. The van der Waals surface area contributed by atoms with Gasteiger partial charge in [-0.2, -0.15) is 13.2 Å². The minimum atomic E-state index is -3.67. The molecule has 0 aliphatic rings. The van der Waals surface area contributed by atoms with Crippen LogP contribution in [0, 0.1) is 13.8 Å². The van der Waals surface area contributed by atoms with Crippen LogP contribution in [0.25, 0.3) is 0 Å². The van der Waals surface area contributed by atoms with Gasteiger partial charge in [-0.15, -0.1) is 5.10 Å². The summed E-state index contributed by atoms with van der Waals surface area (Å²) in [5.41, 5.74) is 0.753. The van der Waals surface area contributed by atoms with Crippen molar-refractivity contribution in [3.63, 3.8) is 0 Å². The zero-order chi connectivity index (χ0) is 21.9. The van der Waals surface area contributed by atoms with E-state index in [0.29, 0.717) is 0 Å². The van der Waals surface area contributed by atoms with Gasteiger partial charge < -0.3 is 19.7 Å². The number of alkyl halides is 3. The van der Waals surface area contributed by atoms with Crippen molar-refractivity contribution in [1.82, 2.24) is 15.4 Å². The molecule has 2 rings (SSSR count). The Morgan fingerprint density at radius 3 is 2.07 bits per heavy atom. The molecule has 156 valence electrons. The lowest BCUT2D eigenvalue weighted by Gasteiger charge is -2.15. The van der Waals surface area contributed by atoms with Gasteiger partial charge >= 0.3 is 18.6 Å². The Morgan fingerprint density at radius 1 is 1.21 bits per heavy atom. The van der Waals surface area contributed by atoms with Crippen molar-refractivity contribution in [1.29, 1.82) is 0 Å². The monoisotopic (exact) mass is 407 g/mol. The number of rotatable bonds is 5. The van der Waals surface area contributed by atoms with E-state index in [1.54, 1.807) is 13.1 Å². The third-order valence-corrected chi connectivity index (χ3v) is 2.99. The summed E-state index contributed by atoms with van der Waals surface area (Å²) < 4.78 is 39.2. The van der Waals surface area contributed by atoms with Gasteiger partial charge in [0.25, 0.3) is 0 Å². The van der Waals surface area contributed by atoms with Gasteiger partial charge in [0.1, 0.15) is 5.56 Å². The molecule has 0 saturated heterocycles. The SMILES string of the molecule is CCOc1cc(C(=O)O)c(C)c(C(=O)O)c1OC.Cc1c[nH]nn1.FC(F)F. The Kier molecular flexibility index (Phi) is 10.7. The van der Waals surface area contributed by atoms with Crippen LogP contribution in [-0.2, 0) is 0 Å². The Bertz CT molecular complexity index is 767. The molecule has 0 fully saturated rings. The van der Waals surface area contributed by atoms with E-state index in [4.69, 9.17) is 19.7 Å². The highest BCUT2D eigenvalue weighted by Crippen LogP contribution is 2.36. The lowest BCUT2D eigenvalue weighted by atomic mass is 10.0. The molecule has 0 radical (unpaired) electrons. The number of nitrogens with one attached hydrogen (secondary N) is 1. The van der Waals surface area contributed by atoms with Crippen molar-refractivity contribution in [2.45, 2.75) is 27.5 Å². The second kappa shape index (κ2) is 12.1. The molecule has 12 heteroatoms. The number of carbonyl (C=O) groups is 2. The fourth-order valence-electron chi connectivity index (χ4n) is 1.94. The number of halogens is 3. The lowest BCUT2D eigenvalue weighted by Crippen LogP contribution is -2.11. The predicted octanol–water partition coefficient (Wildman–Crippen LogP) is 3.09. The van der Waals surface area contributed by atoms with E-state index in [2.05, 4.69) is 15.4 Å². The number of aromatic nitrogens is 3. The van der Waals surface area contributed by atoms with Crippen LogP contribution in [0.15, 0.2) is 12.3 Å². The summed E-state index contributed by atoms with van der Waals surface area (Å²) >= 11 is 0. The summed E-state index contributed by atoms with van der Waals surface area (Å²) in [5, 5.41) is 27.8. The van der Waals surface area contributed by atoms with Gasteiger partial charge in [-0.3, -0.25) is 5.10 Å². The number of carboxylic acid groups (broad SMARTS) is 2. The summed E-state index contributed by atoms with van der Waals surface area (Å²) in [4.78, 5) is 22.3. The van der Waals surface area contributed by atoms with E-state index >= 15 is 0 Å². The van der Waals surface area contributed by atoms with E-state index in [0.717, 1.165) is 5.69 Å². The van der Waals surface area contributed by atoms with Gasteiger partial charge in [-0.05, 0) is 32.4 Å².